The molecule has 120 valence electrons. The van der Waals surface area contributed by atoms with E-state index in [1.54, 1.807) is 24.5 Å². The van der Waals surface area contributed by atoms with Crippen LogP contribution in [0.1, 0.15) is 5.56 Å². The SMILES string of the molecule is O=C(CSc1cccc2cccnc12)NN=Cc1ccc(Cl)cc1. The second kappa shape index (κ2) is 7.95. The minimum Gasteiger partial charge on any atom is -0.272 e. The maximum Gasteiger partial charge on any atom is 0.250 e. The Hall–Kier alpha value is -2.37. The Labute approximate surface area is 148 Å². The van der Waals surface area contributed by atoms with Gasteiger partial charge in [0.1, 0.15) is 0 Å². The standard InChI is InChI=1S/C18H14ClN3OS/c19-15-8-6-13(7-9-15)11-21-22-17(23)12-24-16-5-1-3-14-4-2-10-20-18(14)16/h1-11H,12H2,(H,22,23). The largest absolute Gasteiger partial charge is 0.272 e. The van der Waals surface area contributed by atoms with Crippen molar-refractivity contribution in [3.63, 3.8) is 0 Å². The summed E-state index contributed by atoms with van der Waals surface area (Å²) in [6.45, 7) is 0. The zero-order valence-electron chi connectivity index (χ0n) is 12.6. The van der Waals surface area contributed by atoms with Gasteiger partial charge in [-0.2, -0.15) is 5.10 Å². The molecule has 0 aliphatic rings. The second-order valence-corrected chi connectivity index (χ2v) is 6.42. The highest BCUT2D eigenvalue weighted by Gasteiger charge is 2.05. The van der Waals surface area contributed by atoms with Crippen molar-refractivity contribution in [2.75, 3.05) is 5.75 Å². The number of carbonyl (C=O) groups is 1. The van der Waals surface area contributed by atoms with E-state index >= 15 is 0 Å². The minimum atomic E-state index is -0.168. The summed E-state index contributed by atoms with van der Waals surface area (Å²) in [7, 11) is 0. The van der Waals surface area contributed by atoms with Gasteiger partial charge in [0.2, 0.25) is 5.91 Å². The Morgan fingerprint density at radius 3 is 2.79 bits per heavy atom. The van der Waals surface area contributed by atoms with E-state index in [9.17, 15) is 4.79 Å². The summed E-state index contributed by atoms with van der Waals surface area (Å²) in [4.78, 5) is 17.3. The van der Waals surface area contributed by atoms with Gasteiger partial charge in [0.25, 0.3) is 0 Å². The molecular formula is C18H14ClN3OS. The van der Waals surface area contributed by atoms with Gasteiger partial charge in [0.05, 0.1) is 17.5 Å². The molecule has 0 unspecified atom stereocenters. The van der Waals surface area contributed by atoms with Crippen molar-refractivity contribution in [3.8, 4) is 0 Å². The van der Waals surface area contributed by atoms with E-state index in [-0.39, 0.29) is 11.7 Å². The number of carbonyl (C=O) groups excluding carboxylic acids is 1. The van der Waals surface area contributed by atoms with Crippen molar-refractivity contribution in [2.24, 2.45) is 5.10 Å². The fraction of sp³-hybridized carbons (Fsp3) is 0.0556. The summed E-state index contributed by atoms with van der Waals surface area (Å²) >= 11 is 7.26. The Morgan fingerprint density at radius 1 is 1.17 bits per heavy atom. The van der Waals surface area contributed by atoms with Crippen LogP contribution in [-0.2, 0) is 4.79 Å². The lowest BCUT2D eigenvalue weighted by molar-refractivity contribution is -0.118. The molecule has 1 amide bonds. The van der Waals surface area contributed by atoms with E-state index in [2.05, 4.69) is 15.5 Å². The van der Waals surface area contributed by atoms with E-state index in [0.717, 1.165) is 21.4 Å². The molecule has 4 nitrogen and oxygen atoms in total. The zero-order chi connectivity index (χ0) is 16.8. The first kappa shape index (κ1) is 16.5. The van der Waals surface area contributed by atoms with Crippen molar-refractivity contribution >= 4 is 46.4 Å². The first-order valence-electron chi connectivity index (χ1n) is 7.26. The van der Waals surface area contributed by atoms with Crippen LogP contribution in [0.2, 0.25) is 5.02 Å². The van der Waals surface area contributed by atoms with Crippen molar-refractivity contribution in [1.29, 1.82) is 0 Å². The van der Waals surface area contributed by atoms with Crippen LogP contribution >= 0.6 is 23.4 Å². The van der Waals surface area contributed by atoms with E-state index in [1.807, 2.05) is 42.5 Å². The van der Waals surface area contributed by atoms with Gasteiger partial charge in [-0.3, -0.25) is 9.78 Å². The van der Waals surface area contributed by atoms with Crippen LogP contribution in [0.3, 0.4) is 0 Å². The lowest BCUT2D eigenvalue weighted by Gasteiger charge is -2.04. The minimum absolute atomic E-state index is 0.168. The van der Waals surface area contributed by atoms with Gasteiger partial charge in [0.15, 0.2) is 0 Å². The van der Waals surface area contributed by atoms with Crippen LogP contribution in [0.5, 0.6) is 0 Å². The summed E-state index contributed by atoms with van der Waals surface area (Å²) in [6, 6.07) is 17.0. The van der Waals surface area contributed by atoms with E-state index in [4.69, 9.17) is 11.6 Å². The van der Waals surface area contributed by atoms with Gasteiger partial charge in [-0.1, -0.05) is 41.9 Å². The van der Waals surface area contributed by atoms with Crippen LogP contribution < -0.4 is 5.43 Å². The number of hydrogen-bond acceptors (Lipinski definition) is 4. The molecule has 0 spiro atoms. The summed E-state index contributed by atoms with van der Waals surface area (Å²) in [6.07, 6.45) is 3.33. The number of fused-ring (bicyclic) bond motifs is 1. The predicted octanol–water partition coefficient (Wildman–Crippen LogP) is 4.13. The molecule has 0 aliphatic heterocycles. The van der Waals surface area contributed by atoms with Gasteiger partial charge in [0, 0.05) is 21.5 Å². The monoisotopic (exact) mass is 355 g/mol. The number of thioether (sulfide) groups is 1. The fourth-order valence-electron chi connectivity index (χ4n) is 2.10. The molecule has 2 aromatic carbocycles. The Kier molecular flexibility index (Phi) is 5.46. The van der Waals surface area contributed by atoms with Crippen LogP contribution in [-0.4, -0.2) is 22.9 Å². The number of para-hydroxylation sites is 1. The summed E-state index contributed by atoms with van der Waals surface area (Å²) < 4.78 is 0. The lowest BCUT2D eigenvalue weighted by Crippen LogP contribution is -2.19. The Morgan fingerprint density at radius 2 is 1.96 bits per heavy atom. The number of hydrazone groups is 1. The molecule has 0 fully saturated rings. The van der Waals surface area contributed by atoms with Gasteiger partial charge < -0.3 is 0 Å². The number of nitrogens with one attached hydrogen (secondary N) is 1. The summed E-state index contributed by atoms with van der Waals surface area (Å²) in [5, 5.41) is 5.67. The van der Waals surface area contributed by atoms with Crippen LogP contribution in [0.25, 0.3) is 10.9 Å². The highest BCUT2D eigenvalue weighted by atomic mass is 35.5. The summed E-state index contributed by atoms with van der Waals surface area (Å²) in [5.74, 6) is 0.103. The second-order valence-electron chi connectivity index (χ2n) is 4.96. The van der Waals surface area contributed by atoms with Gasteiger partial charge in [-0.25, -0.2) is 5.43 Å². The normalized spacial score (nSPS) is 11.0. The fourth-order valence-corrected chi connectivity index (χ4v) is 3.06. The average Bonchev–Trinajstić information content (AvgIpc) is 2.61. The van der Waals surface area contributed by atoms with Gasteiger partial charge in [-0.15, -0.1) is 11.8 Å². The zero-order valence-corrected chi connectivity index (χ0v) is 14.2. The Balaban J connectivity index is 1.56. The maximum absolute atomic E-state index is 11.9. The van der Waals surface area contributed by atoms with Crippen molar-refractivity contribution in [3.05, 3.63) is 71.4 Å². The molecule has 3 aromatic rings. The molecule has 6 heteroatoms. The molecule has 0 bridgehead atoms. The molecule has 1 heterocycles. The molecule has 0 saturated carbocycles. The third kappa shape index (κ3) is 4.34. The first-order chi connectivity index (χ1) is 11.7. The third-order valence-corrected chi connectivity index (χ3v) is 4.53. The number of halogens is 1. The quantitative estimate of drug-likeness (QED) is 0.425. The molecule has 0 radical (unpaired) electrons. The Bertz CT molecular complexity index is 876. The molecule has 3 rings (SSSR count). The topological polar surface area (TPSA) is 54.4 Å². The number of hydrogen-bond donors (Lipinski definition) is 1. The molecule has 24 heavy (non-hydrogen) atoms. The lowest BCUT2D eigenvalue weighted by atomic mass is 10.2. The molecule has 0 saturated heterocycles. The number of aromatic nitrogens is 1. The van der Waals surface area contributed by atoms with Crippen LogP contribution in [0, 0.1) is 0 Å². The van der Waals surface area contributed by atoms with Gasteiger partial charge in [-0.05, 0) is 29.8 Å². The third-order valence-electron chi connectivity index (χ3n) is 3.23. The average molecular weight is 356 g/mol. The van der Waals surface area contributed by atoms with Gasteiger partial charge >= 0.3 is 0 Å². The number of amides is 1. The molecule has 0 atom stereocenters. The number of rotatable bonds is 5. The summed E-state index contributed by atoms with van der Waals surface area (Å²) in [5.41, 5.74) is 4.29. The maximum atomic E-state index is 11.9. The highest BCUT2D eigenvalue weighted by Crippen LogP contribution is 2.25. The van der Waals surface area contributed by atoms with E-state index in [0.29, 0.717) is 5.02 Å². The first-order valence-corrected chi connectivity index (χ1v) is 8.63. The highest BCUT2D eigenvalue weighted by molar-refractivity contribution is 8.00. The van der Waals surface area contributed by atoms with E-state index in [1.165, 1.54) is 11.8 Å². The van der Waals surface area contributed by atoms with Crippen LogP contribution in [0.15, 0.2) is 70.8 Å². The predicted molar refractivity (Wildman–Crippen MR) is 99.7 cm³/mol. The van der Waals surface area contributed by atoms with E-state index < -0.39 is 0 Å². The molecule has 1 aromatic heterocycles. The van der Waals surface area contributed by atoms with Crippen molar-refractivity contribution < 1.29 is 4.79 Å². The number of benzene rings is 2. The molecular weight excluding hydrogens is 342 g/mol. The smallest absolute Gasteiger partial charge is 0.250 e. The van der Waals surface area contributed by atoms with Crippen LogP contribution in [0.4, 0.5) is 0 Å². The molecule has 0 aliphatic carbocycles. The molecule has 1 N–H and O–H groups in total. The number of nitrogens with zero attached hydrogens (tertiary/aromatic N) is 2. The number of pyridine rings is 1. The van der Waals surface area contributed by atoms with Crippen molar-refractivity contribution in [1.82, 2.24) is 10.4 Å². The van der Waals surface area contributed by atoms with Crippen molar-refractivity contribution in [2.45, 2.75) is 4.90 Å².